The highest BCUT2D eigenvalue weighted by Crippen LogP contribution is 2.04. The van der Waals surface area contributed by atoms with Crippen LogP contribution in [-0.2, 0) is 4.79 Å². The Balaban J connectivity index is 2.48. The summed E-state index contributed by atoms with van der Waals surface area (Å²) in [4.78, 5) is 10.3. The third-order valence-electron chi connectivity index (χ3n) is 0.852. The van der Waals surface area contributed by atoms with Crippen LogP contribution < -0.4 is 5.32 Å². The van der Waals surface area contributed by atoms with Gasteiger partial charge in [-0.05, 0) is 0 Å². The molecule has 1 saturated heterocycles. The molecular formula is C4H5ClNO. The first-order chi connectivity index (χ1) is 3.30. The minimum absolute atomic E-state index is 0.0818. The molecule has 0 aromatic carbocycles. The Bertz CT molecular complexity index is 93.7. The van der Waals surface area contributed by atoms with Gasteiger partial charge in [-0.15, -0.1) is 11.6 Å². The Labute approximate surface area is 46.8 Å². The molecule has 1 amide bonds. The van der Waals surface area contributed by atoms with E-state index in [1.54, 1.807) is 6.42 Å². The number of carbonyl (C=O) groups excluding carboxylic acids is 1. The molecule has 7 heavy (non-hydrogen) atoms. The van der Waals surface area contributed by atoms with Crippen LogP contribution in [0.3, 0.4) is 0 Å². The second-order valence-electron chi connectivity index (χ2n) is 1.38. The van der Waals surface area contributed by atoms with E-state index in [0.29, 0.717) is 6.54 Å². The molecule has 1 heterocycles. The number of rotatable bonds is 0. The number of hydrogen-bond acceptors (Lipinski definition) is 1. The summed E-state index contributed by atoms with van der Waals surface area (Å²) in [6, 6.07) is 0. The normalized spacial score (nSPS) is 30.4. The summed E-state index contributed by atoms with van der Waals surface area (Å²) in [5, 5.41) is 2.15. The molecule has 1 N–H and O–H groups in total. The molecule has 2 nitrogen and oxygen atoms in total. The van der Waals surface area contributed by atoms with E-state index in [4.69, 9.17) is 11.6 Å². The lowest BCUT2D eigenvalue weighted by Gasteiger charge is -1.87. The van der Waals surface area contributed by atoms with Gasteiger partial charge in [-0.25, -0.2) is 0 Å². The van der Waals surface area contributed by atoms with E-state index in [1.807, 2.05) is 0 Å². The van der Waals surface area contributed by atoms with Crippen LogP contribution >= 0.6 is 11.6 Å². The highest BCUT2D eigenvalue weighted by Gasteiger charge is 2.20. The first-order valence-corrected chi connectivity index (χ1v) is 2.49. The fourth-order valence-electron chi connectivity index (χ4n) is 0.468. The summed E-state index contributed by atoms with van der Waals surface area (Å²) >= 11 is 5.40. The van der Waals surface area contributed by atoms with Crippen molar-refractivity contribution in [3.8, 4) is 0 Å². The summed E-state index contributed by atoms with van der Waals surface area (Å²) < 4.78 is 0. The minimum Gasteiger partial charge on any atom is -0.354 e. The van der Waals surface area contributed by atoms with Crippen molar-refractivity contribution >= 4 is 17.5 Å². The molecule has 0 aromatic heterocycles. The summed E-state index contributed by atoms with van der Waals surface area (Å²) in [5.41, 5.74) is 0. The summed E-state index contributed by atoms with van der Waals surface area (Å²) in [6.45, 7) is 0.618. The molecule has 1 aliphatic heterocycles. The summed E-state index contributed by atoms with van der Waals surface area (Å²) in [7, 11) is 0. The molecule has 0 bridgehead atoms. The van der Waals surface area contributed by atoms with Crippen molar-refractivity contribution < 1.29 is 4.79 Å². The standard InChI is InChI=1S/C4H5ClNO/c5-3-1-2-6-4(3)7/h1,3H,2H2,(H,6,7). The molecule has 39 valence electrons. The van der Waals surface area contributed by atoms with Gasteiger partial charge in [-0.2, -0.15) is 0 Å². The zero-order chi connectivity index (χ0) is 5.28. The maximum absolute atomic E-state index is 10.3. The van der Waals surface area contributed by atoms with Gasteiger partial charge in [-0.3, -0.25) is 4.79 Å². The number of carbonyl (C=O) groups is 1. The number of nitrogens with one attached hydrogen (secondary N) is 1. The van der Waals surface area contributed by atoms with Crippen LogP contribution in [0, 0.1) is 6.42 Å². The molecular weight excluding hydrogens is 114 g/mol. The highest BCUT2D eigenvalue weighted by molar-refractivity contribution is 6.32. The number of halogens is 1. The van der Waals surface area contributed by atoms with Gasteiger partial charge in [-0.1, -0.05) is 0 Å². The maximum atomic E-state index is 10.3. The van der Waals surface area contributed by atoms with Crippen LogP contribution in [0.2, 0.25) is 0 Å². The zero-order valence-corrected chi connectivity index (χ0v) is 4.40. The molecule has 0 spiro atoms. The third kappa shape index (κ3) is 0.855. The van der Waals surface area contributed by atoms with Gasteiger partial charge >= 0.3 is 0 Å². The van der Waals surface area contributed by atoms with Crippen molar-refractivity contribution in [2.75, 3.05) is 6.54 Å². The zero-order valence-electron chi connectivity index (χ0n) is 3.65. The van der Waals surface area contributed by atoms with Crippen LogP contribution in [0.5, 0.6) is 0 Å². The quantitative estimate of drug-likeness (QED) is 0.443. The Morgan fingerprint density at radius 2 is 2.71 bits per heavy atom. The SMILES string of the molecule is O=C1NC[CH]C1Cl. The molecule has 1 radical (unpaired) electrons. The Morgan fingerprint density at radius 3 is 2.86 bits per heavy atom. The lowest BCUT2D eigenvalue weighted by molar-refractivity contribution is -0.118. The average Bonchev–Trinajstić information content (AvgIpc) is 1.91. The lowest BCUT2D eigenvalue weighted by atomic mass is 10.4. The smallest absolute Gasteiger partial charge is 0.238 e. The Morgan fingerprint density at radius 1 is 2.00 bits per heavy atom. The van der Waals surface area contributed by atoms with Crippen LogP contribution in [0.1, 0.15) is 0 Å². The molecule has 3 heteroatoms. The largest absolute Gasteiger partial charge is 0.354 e. The van der Waals surface area contributed by atoms with Crippen molar-refractivity contribution in [3.05, 3.63) is 6.42 Å². The third-order valence-corrected chi connectivity index (χ3v) is 1.23. The van der Waals surface area contributed by atoms with Gasteiger partial charge in [0.2, 0.25) is 5.91 Å². The average molecular weight is 119 g/mol. The van der Waals surface area contributed by atoms with Gasteiger partial charge in [0.1, 0.15) is 5.38 Å². The highest BCUT2D eigenvalue weighted by atomic mass is 35.5. The molecule has 1 atom stereocenters. The van der Waals surface area contributed by atoms with Crippen molar-refractivity contribution in [3.63, 3.8) is 0 Å². The lowest BCUT2D eigenvalue weighted by Crippen LogP contribution is -2.18. The predicted octanol–water partition coefficient (Wildman–Crippen LogP) is -0.0721. The van der Waals surface area contributed by atoms with Crippen molar-refractivity contribution in [1.82, 2.24) is 5.32 Å². The summed E-state index contributed by atoms with van der Waals surface area (Å²) in [5.74, 6) is -0.0818. The second kappa shape index (κ2) is 1.70. The maximum Gasteiger partial charge on any atom is 0.238 e. The van der Waals surface area contributed by atoms with Gasteiger partial charge in [0.05, 0.1) is 0 Å². The van der Waals surface area contributed by atoms with Crippen LogP contribution in [-0.4, -0.2) is 17.8 Å². The molecule has 1 unspecified atom stereocenters. The Hall–Kier alpha value is -0.240. The Kier molecular flexibility index (Phi) is 1.19. The van der Waals surface area contributed by atoms with E-state index in [2.05, 4.69) is 5.32 Å². The van der Waals surface area contributed by atoms with Crippen molar-refractivity contribution in [2.45, 2.75) is 5.38 Å². The molecule has 0 saturated carbocycles. The van der Waals surface area contributed by atoms with Gasteiger partial charge in [0.15, 0.2) is 0 Å². The number of alkyl halides is 1. The fourth-order valence-corrected chi connectivity index (χ4v) is 0.634. The number of hydrogen-bond donors (Lipinski definition) is 1. The van der Waals surface area contributed by atoms with Gasteiger partial charge in [0, 0.05) is 13.0 Å². The fraction of sp³-hybridized carbons (Fsp3) is 0.500. The topological polar surface area (TPSA) is 29.1 Å². The van der Waals surface area contributed by atoms with E-state index in [1.165, 1.54) is 0 Å². The monoisotopic (exact) mass is 118 g/mol. The van der Waals surface area contributed by atoms with Crippen LogP contribution in [0.15, 0.2) is 0 Å². The minimum atomic E-state index is -0.389. The van der Waals surface area contributed by atoms with E-state index in [-0.39, 0.29) is 11.3 Å². The molecule has 1 aliphatic rings. The molecule has 1 rings (SSSR count). The van der Waals surface area contributed by atoms with Crippen molar-refractivity contribution in [1.29, 1.82) is 0 Å². The molecule has 0 aromatic rings. The van der Waals surface area contributed by atoms with E-state index < -0.39 is 0 Å². The van der Waals surface area contributed by atoms with Crippen LogP contribution in [0.25, 0.3) is 0 Å². The van der Waals surface area contributed by atoms with Gasteiger partial charge < -0.3 is 5.32 Å². The van der Waals surface area contributed by atoms with Crippen LogP contribution in [0.4, 0.5) is 0 Å². The molecule has 1 fully saturated rings. The second-order valence-corrected chi connectivity index (χ2v) is 1.85. The van der Waals surface area contributed by atoms with Gasteiger partial charge in [0.25, 0.3) is 0 Å². The van der Waals surface area contributed by atoms with E-state index in [0.717, 1.165) is 0 Å². The van der Waals surface area contributed by atoms with E-state index in [9.17, 15) is 4.79 Å². The number of amides is 1. The summed E-state index contributed by atoms with van der Waals surface area (Å²) in [6.07, 6.45) is 1.73. The first-order valence-electron chi connectivity index (χ1n) is 2.06. The first kappa shape index (κ1) is 4.91. The van der Waals surface area contributed by atoms with E-state index >= 15 is 0 Å². The van der Waals surface area contributed by atoms with Crippen molar-refractivity contribution in [2.24, 2.45) is 0 Å². The molecule has 0 aliphatic carbocycles. The predicted molar refractivity (Wildman–Crippen MR) is 27.0 cm³/mol.